The van der Waals surface area contributed by atoms with E-state index in [9.17, 15) is 10.1 Å². The number of hydrogen-bond acceptors (Lipinski definition) is 5. The summed E-state index contributed by atoms with van der Waals surface area (Å²) in [7, 11) is 0. The summed E-state index contributed by atoms with van der Waals surface area (Å²) in [4.78, 5) is 10.3. The van der Waals surface area contributed by atoms with Crippen molar-refractivity contribution in [1.29, 1.82) is 0 Å². The quantitative estimate of drug-likeness (QED) is 0.645. The molecule has 0 radical (unpaired) electrons. The maximum atomic E-state index is 10.7. The van der Waals surface area contributed by atoms with Crippen LogP contribution in [0.3, 0.4) is 0 Å². The molecule has 1 aromatic heterocycles. The molecule has 2 aromatic rings. The summed E-state index contributed by atoms with van der Waals surface area (Å²) in [5, 5.41) is 13.8. The lowest BCUT2D eigenvalue weighted by atomic mass is 10.3. The highest BCUT2D eigenvalue weighted by atomic mass is 32.2. The summed E-state index contributed by atoms with van der Waals surface area (Å²) < 4.78 is 5.61. The van der Waals surface area contributed by atoms with Crippen molar-refractivity contribution in [1.82, 2.24) is 0 Å². The van der Waals surface area contributed by atoms with Crippen LogP contribution in [0.2, 0.25) is 0 Å². The first-order valence-electron chi connectivity index (χ1n) is 5.74. The van der Waals surface area contributed by atoms with E-state index < -0.39 is 4.92 Å². The molecule has 0 aliphatic rings. The Morgan fingerprint density at radius 1 is 1.32 bits per heavy atom. The van der Waals surface area contributed by atoms with E-state index in [1.54, 1.807) is 23.9 Å². The molecule has 1 heterocycles. The number of nitrogens with one attached hydrogen (secondary N) is 1. The van der Waals surface area contributed by atoms with Gasteiger partial charge in [-0.05, 0) is 24.5 Å². The van der Waals surface area contributed by atoms with E-state index in [1.165, 1.54) is 12.1 Å². The maximum absolute atomic E-state index is 10.7. The standard InChI is InChI=1S/C13H14N2O3S/c1-19-9-13-6-5-12(18-13)8-14-10-3-2-4-11(7-10)15(16)17/h2-7,14H,8-9H2,1H3. The number of nitro benzene ring substituents is 1. The highest BCUT2D eigenvalue weighted by Crippen LogP contribution is 2.19. The molecular weight excluding hydrogens is 264 g/mol. The molecule has 5 nitrogen and oxygen atoms in total. The van der Waals surface area contributed by atoms with Crippen molar-refractivity contribution >= 4 is 23.1 Å². The Kier molecular flexibility index (Phi) is 4.46. The third-order valence-corrected chi connectivity index (χ3v) is 3.10. The van der Waals surface area contributed by atoms with Gasteiger partial charge in [-0.3, -0.25) is 10.1 Å². The number of hydrogen-bond donors (Lipinski definition) is 1. The van der Waals surface area contributed by atoms with Crippen molar-refractivity contribution in [2.45, 2.75) is 12.3 Å². The molecule has 2 rings (SSSR count). The zero-order valence-corrected chi connectivity index (χ0v) is 11.3. The molecule has 6 heteroatoms. The van der Waals surface area contributed by atoms with Crippen LogP contribution in [0.1, 0.15) is 11.5 Å². The molecule has 0 aliphatic carbocycles. The van der Waals surface area contributed by atoms with Crippen LogP contribution < -0.4 is 5.32 Å². The van der Waals surface area contributed by atoms with E-state index in [0.717, 1.165) is 17.3 Å². The van der Waals surface area contributed by atoms with Gasteiger partial charge in [0.25, 0.3) is 5.69 Å². The summed E-state index contributed by atoms with van der Waals surface area (Å²) in [6.07, 6.45) is 2.02. The summed E-state index contributed by atoms with van der Waals surface area (Å²) >= 11 is 1.70. The van der Waals surface area contributed by atoms with E-state index in [-0.39, 0.29) is 5.69 Å². The zero-order chi connectivity index (χ0) is 13.7. The minimum Gasteiger partial charge on any atom is -0.463 e. The van der Waals surface area contributed by atoms with Crippen LogP contribution in [0.15, 0.2) is 40.8 Å². The largest absolute Gasteiger partial charge is 0.463 e. The lowest BCUT2D eigenvalue weighted by Gasteiger charge is -2.03. The van der Waals surface area contributed by atoms with Crippen LogP contribution >= 0.6 is 11.8 Å². The second kappa shape index (κ2) is 6.29. The minimum absolute atomic E-state index is 0.0764. The van der Waals surface area contributed by atoms with Crippen molar-refractivity contribution in [3.05, 3.63) is 58.0 Å². The molecule has 1 aromatic carbocycles. The maximum Gasteiger partial charge on any atom is 0.271 e. The predicted molar refractivity (Wildman–Crippen MR) is 76.4 cm³/mol. The number of benzene rings is 1. The Morgan fingerprint density at radius 2 is 2.11 bits per heavy atom. The summed E-state index contributed by atoms with van der Waals surface area (Å²) in [6, 6.07) is 10.3. The van der Waals surface area contributed by atoms with Crippen LogP contribution in [-0.2, 0) is 12.3 Å². The predicted octanol–water partition coefficient (Wildman–Crippen LogP) is 3.66. The van der Waals surface area contributed by atoms with Gasteiger partial charge in [-0.25, -0.2) is 0 Å². The Bertz CT molecular complexity index is 569. The monoisotopic (exact) mass is 278 g/mol. The molecule has 0 bridgehead atoms. The van der Waals surface area contributed by atoms with Gasteiger partial charge in [0, 0.05) is 17.8 Å². The van der Waals surface area contributed by atoms with Crippen LogP contribution in [0, 0.1) is 10.1 Å². The lowest BCUT2D eigenvalue weighted by molar-refractivity contribution is -0.384. The number of non-ortho nitro benzene ring substituents is 1. The highest BCUT2D eigenvalue weighted by Gasteiger charge is 2.06. The van der Waals surface area contributed by atoms with Gasteiger partial charge in [0.1, 0.15) is 11.5 Å². The smallest absolute Gasteiger partial charge is 0.271 e. The molecule has 1 N–H and O–H groups in total. The third kappa shape index (κ3) is 3.75. The van der Waals surface area contributed by atoms with E-state index in [1.807, 2.05) is 18.4 Å². The summed E-state index contributed by atoms with van der Waals surface area (Å²) in [5.74, 6) is 2.59. The van der Waals surface area contributed by atoms with Gasteiger partial charge in [0.2, 0.25) is 0 Å². The Morgan fingerprint density at radius 3 is 2.84 bits per heavy atom. The Balaban J connectivity index is 1.97. The van der Waals surface area contributed by atoms with Crippen LogP contribution in [0.5, 0.6) is 0 Å². The van der Waals surface area contributed by atoms with Crippen LogP contribution in [-0.4, -0.2) is 11.2 Å². The van der Waals surface area contributed by atoms with Crippen molar-refractivity contribution in [3.63, 3.8) is 0 Å². The second-order valence-corrected chi connectivity index (χ2v) is 4.83. The fraction of sp³-hybridized carbons (Fsp3) is 0.231. The number of rotatable bonds is 6. The molecule has 0 aliphatic heterocycles. The normalized spacial score (nSPS) is 10.4. The van der Waals surface area contributed by atoms with Crippen molar-refractivity contribution in [3.8, 4) is 0 Å². The second-order valence-electron chi connectivity index (χ2n) is 3.96. The van der Waals surface area contributed by atoms with Gasteiger partial charge in [-0.1, -0.05) is 6.07 Å². The number of thioether (sulfide) groups is 1. The molecule has 19 heavy (non-hydrogen) atoms. The summed E-state index contributed by atoms with van der Waals surface area (Å²) in [6.45, 7) is 0.509. The van der Waals surface area contributed by atoms with E-state index in [0.29, 0.717) is 12.2 Å². The first-order chi connectivity index (χ1) is 9.19. The first kappa shape index (κ1) is 13.5. The van der Waals surface area contributed by atoms with Crippen molar-refractivity contribution < 1.29 is 9.34 Å². The van der Waals surface area contributed by atoms with Gasteiger partial charge in [-0.2, -0.15) is 11.8 Å². The number of nitro groups is 1. The van der Waals surface area contributed by atoms with Crippen LogP contribution in [0.4, 0.5) is 11.4 Å². The fourth-order valence-electron chi connectivity index (χ4n) is 1.66. The Hall–Kier alpha value is -1.95. The fourth-order valence-corrected chi connectivity index (χ4v) is 2.10. The average Bonchev–Trinajstić information content (AvgIpc) is 2.85. The van der Waals surface area contributed by atoms with Crippen molar-refractivity contribution in [2.75, 3.05) is 11.6 Å². The molecule has 0 saturated heterocycles. The molecule has 0 unspecified atom stereocenters. The first-order valence-corrected chi connectivity index (χ1v) is 7.13. The molecule has 0 amide bonds. The van der Waals surface area contributed by atoms with E-state index in [4.69, 9.17) is 4.42 Å². The molecule has 0 saturated carbocycles. The number of anilines is 1. The van der Waals surface area contributed by atoms with Gasteiger partial charge in [0.15, 0.2) is 0 Å². The molecular formula is C13H14N2O3S. The van der Waals surface area contributed by atoms with E-state index >= 15 is 0 Å². The van der Waals surface area contributed by atoms with Gasteiger partial charge in [0.05, 0.1) is 17.2 Å². The van der Waals surface area contributed by atoms with Gasteiger partial charge in [-0.15, -0.1) is 0 Å². The summed E-state index contributed by atoms with van der Waals surface area (Å²) in [5.41, 5.74) is 0.782. The number of nitrogens with zero attached hydrogens (tertiary/aromatic N) is 1. The highest BCUT2D eigenvalue weighted by molar-refractivity contribution is 7.97. The van der Waals surface area contributed by atoms with Gasteiger partial charge >= 0.3 is 0 Å². The molecule has 100 valence electrons. The molecule has 0 spiro atoms. The topological polar surface area (TPSA) is 68.3 Å². The zero-order valence-electron chi connectivity index (χ0n) is 10.5. The van der Waals surface area contributed by atoms with Crippen molar-refractivity contribution in [2.24, 2.45) is 0 Å². The lowest BCUT2D eigenvalue weighted by Crippen LogP contribution is -1.98. The minimum atomic E-state index is -0.408. The SMILES string of the molecule is CSCc1ccc(CNc2cccc([N+](=O)[O-])c2)o1. The molecule has 0 atom stereocenters. The number of furan rings is 1. The average molecular weight is 278 g/mol. The van der Waals surface area contributed by atoms with Crippen LogP contribution in [0.25, 0.3) is 0 Å². The molecule has 0 fully saturated rings. The third-order valence-electron chi connectivity index (χ3n) is 2.53. The van der Waals surface area contributed by atoms with E-state index in [2.05, 4.69) is 5.32 Å². The van der Waals surface area contributed by atoms with Gasteiger partial charge < -0.3 is 9.73 Å². The Labute approximate surface area is 115 Å².